The Balaban J connectivity index is 1.76. The summed E-state index contributed by atoms with van der Waals surface area (Å²) in [6, 6.07) is 10.7. The molecule has 1 N–H and O–H groups in total. The van der Waals surface area contributed by atoms with Gasteiger partial charge in [0.05, 0.1) is 6.54 Å². The molecule has 0 amide bonds. The van der Waals surface area contributed by atoms with E-state index in [0.717, 1.165) is 22.5 Å². The van der Waals surface area contributed by atoms with E-state index in [9.17, 15) is 0 Å². The molecule has 1 aliphatic carbocycles. The van der Waals surface area contributed by atoms with Gasteiger partial charge in [-0.2, -0.15) is 0 Å². The van der Waals surface area contributed by atoms with Crippen molar-refractivity contribution >= 4 is 39.9 Å². The Morgan fingerprint density at radius 3 is 2.59 bits per heavy atom. The molecule has 1 aliphatic heterocycles. The van der Waals surface area contributed by atoms with Crippen molar-refractivity contribution < 1.29 is 0 Å². The zero-order chi connectivity index (χ0) is 15.4. The van der Waals surface area contributed by atoms with Crippen LogP contribution in [0.1, 0.15) is 39.0 Å². The van der Waals surface area contributed by atoms with E-state index in [1.165, 1.54) is 32.1 Å². The van der Waals surface area contributed by atoms with Gasteiger partial charge in [-0.3, -0.25) is 9.89 Å². The average Bonchev–Trinajstić information content (AvgIpc) is 2.95. The van der Waals surface area contributed by atoms with E-state index in [4.69, 9.17) is 17.2 Å². The zero-order valence-corrected chi connectivity index (χ0v) is 14.6. The summed E-state index contributed by atoms with van der Waals surface area (Å²) < 4.78 is 0. The second-order valence-electron chi connectivity index (χ2n) is 6.01. The van der Waals surface area contributed by atoms with Crippen LogP contribution < -0.4 is 5.32 Å². The van der Waals surface area contributed by atoms with Crippen molar-refractivity contribution in [1.29, 1.82) is 0 Å². The fraction of sp³-hybridized carbons (Fsp3) is 0.529. The zero-order valence-electron chi connectivity index (χ0n) is 13.0. The van der Waals surface area contributed by atoms with E-state index in [2.05, 4.69) is 29.3 Å². The first-order valence-electron chi connectivity index (χ1n) is 8.10. The van der Waals surface area contributed by atoms with Crippen LogP contribution in [-0.4, -0.2) is 33.0 Å². The van der Waals surface area contributed by atoms with Crippen LogP contribution in [0.2, 0.25) is 0 Å². The van der Waals surface area contributed by atoms with Crippen molar-refractivity contribution in [1.82, 2.24) is 4.90 Å². The fourth-order valence-corrected chi connectivity index (χ4v) is 4.47. The molecule has 1 saturated carbocycles. The minimum atomic E-state index is 0.494. The number of anilines is 1. The predicted molar refractivity (Wildman–Crippen MR) is 101 cm³/mol. The molecule has 0 spiro atoms. The maximum Gasteiger partial charge on any atom is 0.179 e. The SMILES string of the molecule is CC1CN=C(N(C(=S)Nc2ccccc2)C2CCCCC2)S1. The topological polar surface area (TPSA) is 27.6 Å². The summed E-state index contributed by atoms with van der Waals surface area (Å²) in [6.45, 7) is 3.13. The summed E-state index contributed by atoms with van der Waals surface area (Å²) in [7, 11) is 0. The molecule has 3 rings (SSSR count). The van der Waals surface area contributed by atoms with E-state index >= 15 is 0 Å². The second-order valence-corrected chi connectivity index (χ2v) is 7.80. The van der Waals surface area contributed by atoms with E-state index in [-0.39, 0.29) is 0 Å². The predicted octanol–water partition coefficient (Wildman–Crippen LogP) is 4.51. The number of nitrogens with zero attached hydrogens (tertiary/aromatic N) is 2. The number of amidine groups is 1. The van der Waals surface area contributed by atoms with E-state index < -0.39 is 0 Å². The molecular formula is C17H23N3S2. The number of thiocarbonyl (C=S) groups is 1. The molecule has 2 aliphatic rings. The summed E-state index contributed by atoms with van der Waals surface area (Å²) in [6.07, 6.45) is 6.36. The molecule has 3 nitrogen and oxygen atoms in total. The van der Waals surface area contributed by atoms with Crippen LogP contribution in [0.15, 0.2) is 35.3 Å². The molecule has 1 aromatic carbocycles. The van der Waals surface area contributed by atoms with Crippen LogP contribution in [0.5, 0.6) is 0 Å². The van der Waals surface area contributed by atoms with E-state index in [1.807, 2.05) is 30.0 Å². The molecule has 1 aromatic rings. The first-order valence-corrected chi connectivity index (χ1v) is 9.39. The van der Waals surface area contributed by atoms with Crippen molar-refractivity contribution in [3.05, 3.63) is 30.3 Å². The minimum absolute atomic E-state index is 0.494. The average molecular weight is 334 g/mol. The number of para-hydroxylation sites is 1. The Labute approximate surface area is 142 Å². The highest BCUT2D eigenvalue weighted by Crippen LogP contribution is 2.30. The lowest BCUT2D eigenvalue weighted by Gasteiger charge is -2.35. The summed E-state index contributed by atoms with van der Waals surface area (Å²) in [4.78, 5) is 7.02. The van der Waals surface area contributed by atoms with Gasteiger partial charge in [0.25, 0.3) is 0 Å². The molecular weight excluding hydrogens is 310 g/mol. The lowest BCUT2D eigenvalue weighted by molar-refractivity contribution is 0.326. The lowest BCUT2D eigenvalue weighted by Crippen LogP contribution is -2.46. The highest BCUT2D eigenvalue weighted by Gasteiger charge is 2.30. The van der Waals surface area contributed by atoms with Crippen LogP contribution >= 0.6 is 24.0 Å². The lowest BCUT2D eigenvalue weighted by atomic mass is 9.95. The van der Waals surface area contributed by atoms with Gasteiger partial charge in [0.15, 0.2) is 10.3 Å². The number of benzene rings is 1. The van der Waals surface area contributed by atoms with Crippen LogP contribution in [0.4, 0.5) is 5.69 Å². The van der Waals surface area contributed by atoms with Gasteiger partial charge in [0.1, 0.15) is 0 Å². The highest BCUT2D eigenvalue weighted by atomic mass is 32.2. The van der Waals surface area contributed by atoms with Gasteiger partial charge < -0.3 is 5.32 Å². The van der Waals surface area contributed by atoms with Gasteiger partial charge in [-0.05, 0) is 37.2 Å². The Morgan fingerprint density at radius 2 is 1.95 bits per heavy atom. The summed E-state index contributed by atoms with van der Waals surface area (Å²) in [5.41, 5.74) is 1.05. The Kier molecular flexibility index (Phi) is 5.37. The van der Waals surface area contributed by atoms with Crippen molar-refractivity contribution in [3.8, 4) is 0 Å². The van der Waals surface area contributed by atoms with Gasteiger partial charge in [-0.25, -0.2) is 0 Å². The first kappa shape index (κ1) is 15.8. The summed E-state index contributed by atoms with van der Waals surface area (Å²) in [5.74, 6) is 0. The number of hydrogen-bond acceptors (Lipinski definition) is 3. The number of nitrogens with one attached hydrogen (secondary N) is 1. The third-order valence-corrected chi connectivity index (χ3v) is 5.57. The first-order chi connectivity index (χ1) is 10.7. The van der Waals surface area contributed by atoms with Crippen molar-refractivity contribution in [2.75, 3.05) is 11.9 Å². The molecule has 0 aromatic heterocycles. The molecule has 118 valence electrons. The van der Waals surface area contributed by atoms with Crippen molar-refractivity contribution in [2.24, 2.45) is 4.99 Å². The Hall–Kier alpha value is -1.07. The normalized spacial score (nSPS) is 22.2. The van der Waals surface area contributed by atoms with Crippen LogP contribution in [0.3, 0.4) is 0 Å². The van der Waals surface area contributed by atoms with Crippen molar-refractivity contribution in [2.45, 2.75) is 50.3 Å². The molecule has 0 bridgehead atoms. The molecule has 22 heavy (non-hydrogen) atoms. The molecule has 1 fully saturated rings. The largest absolute Gasteiger partial charge is 0.332 e. The van der Waals surface area contributed by atoms with Gasteiger partial charge >= 0.3 is 0 Å². The molecule has 1 heterocycles. The number of aliphatic imine (C=N–C) groups is 1. The van der Waals surface area contributed by atoms with Gasteiger partial charge in [0, 0.05) is 17.0 Å². The maximum absolute atomic E-state index is 5.73. The van der Waals surface area contributed by atoms with Crippen LogP contribution in [-0.2, 0) is 0 Å². The third-order valence-electron chi connectivity index (χ3n) is 4.18. The molecule has 0 radical (unpaired) electrons. The highest BCUT2D eigenvalue weighted by molar-refractivity contribution is 8.14. The third kappa shape index (κ3) is 3.82. The van der Waals surface area contributed by atoms with Crippen LogP contribution in [0.25, 0.3) is 0 Å². The van der Waals surface area contributed by atoms with Crippen molar-refractivity contribution in [3.63, 3.8) is 0 Å². The monoisotopic (exact) mass is 333 g/mol. The summed E-state index contributed by atoms with van der Waals surface area (Å²) in [5, 5.41) is 5.85. The molecule has 1 atom stereocenters. The van der Waals surface area contributed by atoms with Crippen LogP contribution in [0, 0.1) is 0 Å². The van der Waals surface area contributed by atoms with Gasteiger partial charge in [-0.1, -0.05) is 56.1 Å². The fourth-order valence-electron chi connectivity index (χ4n) is 3.05. The Bertz CT molecular complexity index is 538. The Morgan fingerprint density at radius 1 is 1.23 bits per heavy atom. The van der Waals surface area contributed by atoms with E-state index in [1.54, 1.807) is 0 Å². The maximum atomic E-state index is 5.73. The quantitative estimate of drug-likeness (QED) is 0.806. The standard InChI is InChI=1S/C17H23N3S2/c1-13-12-18-17(22-13)20(15-10-6-3-7-11-15)16(21)19-14-8-4-2-5-9-14/h2,4-5,8-9,13,15H,3,6-7,10-12H2,1H3,(H,19,21). The molecule has 1 unspecified atom stereocenters. The molecule has 5 heteroatoms. The molecule has 0 saturated heterocycles. The van der Waals surface area contributed by atoms with Gasteiger partial charge in [-0.15, -0.1) is 0 Å². The second kappa shape index (κ2) is 7.47. The van der Waals surface area contributed by atoms with E-state index in [0.29, 0.717) is 11.3 Å². The smallest absolute Gasteiger partial charge is 0.179 e. The number of thioether (sulfide) groups is 1. The summed E-state index contributed by atoms with van der Waals surface area (Å²) >= 11 is 7.59. The minimum Gasteiger partial charge on any atom is -0.332 e. The van der Waals surface area contributed by atoms with Gasteiger partial charge in [0.2, 0.25) is 0 Å². The number of rotatable bonds is 2. The number of hydrogen-bond donors (Lipinski definition) is 1.